The van der Waals surface area contributed by atoms with Gasteiger partial charge in [0.2, 0.25) is 0 Å². The molecule has 1 amide bonds. The van der Waals surface area contributed by atoms with Gasteiger partial charge in [0.1, 0.15) is 10.7 Å². The lowest BCUT2D eigenvalue weighted by Crippen LogP contribution is -2.35. The molecule has 6 heteroatoms. The van der Waals surface area contributed by atoms with E-state index in [1.54, 1.807) is 5.38 Å². The topological polar surface area (TPSA) is 68.5 Å². The zero-order valence-corrected chi connectivity index (χ0v) is 12.4. The molecule has 1 aromatic heterocycles. The number of amides is 1. The quantitative estimate of drug-likeness (QED) is 0.934. The van der Waals surface area contributed by atoms with Gasteiger partial charge in [-0.3, -0.25) is 9.69 Å². The van der Waals surface area contributed by atoms with Gasteiger partial charge in [-0.25, -0.2) is 4.98 Å². The van der Waals surface area contributed by atoms with Crippen molar-refractivity contribution in [1.82, 2.24) is 9.88 Å². The highest BCUT2D eigenvalue weighted by Gasteiger charge is 2.15. The van der Waals surface area contributed by atoms with E-state index in [-0.39, 0.29) is 0 Å². The minimum atomic E-state index is -0.483. The summed E-state index contributed by atoms with van der Waals surface area (Å²) in [5.74, 6) is -0.483. The molecule has 5 nitrogen and oxygen atoms in total. The van der Waals surface area contributed by atoms with E-state index in [9.17, 15) is 4.79 Å². The highest BCUT2D eigenvalue weighted by molar-refractivity contribution is 7.13. The van der Waals surface area contributed by atoms with Crippen LogP contribution in [0, 0.1) is 0 Å². The molecule has 1 aliphatic heterocycles. The number of aromatic nitrogens is 1. The SMILES string of the molecule is NC(=O)c1csc(-c2ccccc2CN2CCOCC2)n1. The molecule has 0 atom stereocenters. The van der Waals surface area contributed by atoms with Crippen LogP contribution < -0.4 is 5.73 Å². The number of hydrogen-bond donors (Lipinski definition) is 1. The Hall–Kier alpha value is -1.76. The number of benzene rings is 1. The van der Waals surface area contributed by atoms with Gasteiger partial charge in [-0.1, -0.05) is 24.3 Å². The molecular formula is C15H17N3O2S. The maximum absolute atomic E-state index is 11.2. The predicted octanol–water partition coefficient (Wildman–Crippen LogP) is 1.74. The molecule has 0 saturated carbocycles. The summed E-state index contributed by atoms with van der Waals surface area (Å²) in [6, 6.07) is 8.17. The van der Waals surface area contributed by atoms with Gasteiger partial charge in [0, 0.05) is 30.6 Å². The number of primary amides is 1. The molecular weight excluding hydrogens is 286 g/mol. The molecule has 3 rings (SSSR count). The third-order valence-electron chi connectivity index (χ3n) is 3.50. The van der Waals surface area contributed by atoms with Crippen LogP contribution in [-0.2, 0) is 11.3 Å². The average molecular weight is 303 g/mol. The van der Waals surface area contributed by atoms with E-state index < -0.39 is 5.91 Å². The van der Waals surface area contributed by atoms with E-state index in [1.165, 1.54) is 16.9 Å². The Morgan fingerprint density at radius 3 is 2.81 bits per heavy atom. The van der Waals surface area contributed by atoms with Crippen molar-refractivity contribution in [1.29, 1.82) is 0 Å². The highest BCUT2D eigenvalue weighted by Crippen LogP contribution is 2.28. The fourth-order valence-electron chi connectivity index (χ4n) is 2.38. The maximum atomic E-state index is 11.2. The molecule has 1 aliphatic rings. The Bertz CT molecular complexity index is 635. The lowest BCUT2D eigenvalue weighted by Gasteiger charge is -2.27. The number of carbonyl (C=O) groups excluding carboxylic acids is 1. The maximum Gasteiger partial charge on any atom is 0.268 e. The van der Waals surface area contributed by atoms with E-state index >= 15 is 0 Å². The van der Waals surface area contributed by atoms with Crippen LogP contribution >= 0.6 is 11.3 Å². The lowest BCUT2D eigenvalue weighted by atomic mass is 10.1. The number of morpholine rings is 1. The predicted molar refractivity (Wildman–Crippen MR) is 82.2 cm³/mol. The summed E-state index contributed by atoms with van der Waals surface area (Å²) in [7, 11) is 0. The Morgan fingerprint density at radius 1 is 1.33 bits per heavy atom. The van der Waals surface area contributed by atoms with Crippen molar-refractivity contribution in [2.24, 2.45) is 5.73 Å². The lowest BCUT2D eigenvalue weighted by molar-refractivity contribution is 0.0342. The Balaban J connectivity index is 1.85. The molecule has 2 aromatic rings. The molecule has 1 aromatic carbocycles. The number of ether oxygens (including phenoxy) is 1. The van der Waals surface area contributed by atoms with Crippen LogP contribution in [0.15, 0.2) is 29.6 Å². The standard InChI is InChI=1S/C15H17N3O2S/c16-14(19)13-10-21-15(17-13)12-4-2-1-3-11(12)9-18-5-7-20-8-6-18/h1-4,10H,5-9H2,(H2,16,19). The largest absolute Gasteiger partial charge is 0.379 e. The van der Waals surface area contributed by atoms with Crippen LogP contribution in [0.1, 0.15) is 16.1 Å². The average Bonchev–Trinajstić information content (AvgIpc) is 2.99. The van der Waals surface area contributed by atoms with Crippen molar-refractivity contribution in [3.05, 3.63) is 40.9 Å². The number of carbonyl (C=O) groups is 1. The number of hydrogen-bond acceptors (Lipinski definition) is 5. The van der Waals surface area contributed by atoms with Crippen LogP contribution in [0.25, 0.3) is 10.6 Å². The molecule has 0 unspecified atom stereocenters. The summed E-state index contributed by atoms with van der Waals surface area (Å²) in [5, 5.41) is 2.55. The van der Waals surface area contributed by atoms with Gasteiger partial charge in [-0.15, -0.1) is 11.3 Å². The molecule has 1 saturated heterocycles. The van der Waals surface area contributed by atoms with Crippen molar-refractivity contribution in [3.8, 4) is 10.6 Å². The van der Waals surface area contributed by atoms with Gasteiger partial charge >= 0.3 is 0 Å². The van der Waals surface area contributed by atoms with Crippen LogP contribution in [-0.4, -0.2) is 42.1 Å². The van der Waals surface area contributed by atoms with Gasteiger partial charge in [0.15, 0.2) is 0 Å². The normalized spacial score (nSPS) is 16.0. The van der Waals surface area contributed by atoms with Gasteiger partial charge in [0.05, 0.1) is 13.2 Å². The van der Waals surface area contributed by atoms with E-state index in [2.05, 4.69) is 16.0 Å². The third kappa shape index (κ3) is 3.29. The zero-order valence-electron chi connectivity index (χ0n) is 11.6. The monoisotopic (exact) mass is 303 g/mol. The molecule has 2 N–H and O–H groups in total. The van der Waals surface area contributed by atoms with Gasteiger partial charge in [0.25, 0.3) is 5.91 Å². The number of nitrogens with two attached hydrogens (primary N) is 1. The van der Waals surface area contributed by atoms with E-state index in [1.807, 2.05) is 18.2 Å². The molecule has 0 spiro atoms. The first-order chi connectivity index (χ1) is 10.2. The van der Waals surface area contributed by atoms with E-state index in [4.69, 9.17) is 10.5 Å². The number of nitrogens with zero attached hydrogens (tertiary/aromatic N) is 2. The molecule has 1 fully saturated rings. The summed E-state index contributed by atoms with van der Waals surface area (Å²) in [6.07, 6.45) is 0. The van der Waals surface area contributed by atoms with Crippen molar-refractivity contribution < 1.29 is 9.53 Å². The van der Waals surface area contributed by atoms with Crippen molar-refractivity contribution in [2.45, 2.75) is 6.54 Å². The first kappa shape index (κ1) is 14.2. The molecule has 110 valence electrons. The minimum Gasteiger partial charge on any atom is -0.379 e. The summed E-state index contributed by atoms with van der Waals surface area (Å²) in [6.45, 7) is 4.32. The summed E-state index contributed by atoms with van der Waals surface area (Å²) in [4.78, 5) is 17.9. The van der Waals surface area contributed by atoms with Crippen molar-refractivity contribution >= 4 is 17.2 Å². The molecule has 0 radical (unpaired) electrons. The molecule has 0 bridgehead atoms. The smallest absolute Gasteiger partial charge is 0.268 e. The molecule has 21 heavy (non-hydrogen) atoms. The second-order valence-electron chi connectivity index (χ2n) is 4.95. The fraction of sp³-hybridized carbons (Fsp3) is 0.333. The molecule has 0 aliphatic carbocycles. The first-order valence-corrected chi connectivity index (χ1v) is 7.76. The number of thiazole rings is 1. The Morgan fingerprint density at radius 2 is 2.10 bits per heavy atom. The fourth-order valence-corrected chi connectivity index (χ4v) is 3.25. The van der Waals surface area contributed by atoms with Crippen LogP contribution in [0.3, 0.4) is 0 Å². The van der Waals surface area contributed by atoms with Crippen molar-refractivity contribution in [2.75, 3.05) is 26.3 Å². The van der Waals surface area contributed by atoms with Gasteiger partial charge < -0.3 is 10.5 Å². The highest BCUT2D eigenvalue weighted by atomic mass is 32.1. The van der Waals surface area contributed by atoms with E-state index in [0.29, 0.717) is 5.69 Å². The Kier molecular flexibility index (Phi) is 4.28. The van der Waals surface area contributed by atoms with Crippen molar-refractivity contribution in [3.63, 3.8) is 0 Å². The second kappa shape index (κ2) is 6.34. The van der Waals surface area contributed by atoms with Crippen LogP contribution in [0.2, 0.25) is 0 Å². The summed E-state index contributed by atoms with van der Waals surface area (Å²) >= 11 is 1.45. The van der Waals surface area contributed by atoms with Gasteiger partial charge in [-0.05, 0) is 5.56 Å². The Labute approximate surface area is 127 Å². The van der Waals surface area contributed by atoms with Gasteiger partial charge in [-0.2, -0.15) is 0 Å². The van der Waals surface area contributed by atoms with Crippen LogP contribution in [0.5, 0.6) is 0 Å². The van der Waals surface area contributed by atoms with E-state index in [0.717, 1.165) is 43.4 Å². The third-order valence-corrected chi connectivity index (χ3v) is 4.38. The summed E-state index contributed by atoms with van der Waals surface area (Å²) < 4.78 is 5.38. The first-order valence-electron chi connectivity index (χ1n) is 6.88. The zero-order chi connectivity index (χ0) is 14.7. The molecule has 2 heterocycles. The minimum absolute atomic E-state index is 0.330. The summed E-state index contributed by atoms with van der Waals surface area (Å²) in [5.41, 5.74) is 7.89. The van der Waals surface area contributed by atoms with Crippen LogP contribution in [0.4, 0.5) is 0 Å². The number of rotatable bonds is 4. The second-order valence-corrected chi connectivity index (χ2v) is 5.81.